The number of likely N-dealkylation sites (tertiary alicyclic amines) is 1. The summed E-state index contributed by atoms with van der Waals surface area (Å²) in [6, 6.07) is 7.45. The summed E-state index contributed by atoms with van der Waals surface area (Å²) in [6.07, 6.45) is 5.08. The van der Waals surface area contributed by atoms with Crippen LogP contribution in [0.25, 0.3) is 5.69 Å². The molecule has 1 atom stereocenters. The first kappa shape index (κ1) is 14.3. The number of nitrogens with one attached hydrogen (secondary N) is 1. The number of nitrogens with zero attached hydrogens (tertiary/aromatic N) is 5. The van der Waals surface area contributed by atoms with E-state index in [1.807, 2.05) is 29.2 Å². The summed E-state index contributed by atoms with van der Waals surface area (Å²) in [5.74, 6) is 0.121. The lowest BCUT2D eigenvalue weighted by atomic mass is 9.80. The number of piperidine rings is 1. The van der Waals surface area contributed by atoms with Crippen LogP contribution in [-0.2, 0) is 0 Å². The van der Waals surface area contributed by atoms with Crippen molar-refractivity contribution in [2.45, 2.75) is 19.3 Å². The number of amides is 1. The molecule has 0 aliphatic carbocycles. The topological polar surface area (TPSA) is 75.9 Å². The zero-order valence-corrected chi connectivity index (χ0v) is 13.0. The number of rotatable bonds is 2. The fraction of sp³-hybridized carbons (Fsp3) is 0.500. The number of tetrazole rings is 1. The molecule has 4 rings (SSSR count). The summed E-state index contributed by atoms with van der Waals surface area (Å²) in [6.45, 7) is 3.87. The molecule has 1 amide bonds. The van der Waals surface area contributed by atoms with Gasteiger partial charge in [-0.3, -0.25) is 4.79 Å². The Morgan fingerprint density at radius 1 is 1.22 bits per heavy atom. The lowest BCUT2D eigenvalue weighted by Crippen LogP contribution is -2.42. The molecule has 2 saturated heterocycles. The van der Waals surface area contributed by atoms with Gasteiger partial charge in [0.25, 0.3) is 5.91 Å². The van der Waals surface area contributed by atoms with Crippen molar-refractivity contribution in [1.29, 1.82) is 0 Å². The molecule has 1 unspecified atom stereocenters. The molecule has 23 heavy (non-hydrogen) atoms. The van der Waals surface area contributed by atoms with E-state index in [1.165, 1.54) is 19.2 Å². The number of carbonyl (C=O) groups is 1. The maximum Gasteiger partial charge on any atom is 0.253 e. The number of hydrogen-bond acceptors (Lipinski definition) is 5. The Balaban J connectivity index is 1.47. The van der Waals surface area contributed by atoms with Gasteiger partial charge in [-0.25, -0.2) is 4.68 Å². The molecule has 1 aromatic carbocycles. The second kappa shape index (κ2) is 5.73. The average molecular weight is 312 g/mol. The minimum absolute atomic E-state index is 0.121. The third kappa shape index (κ3) is 2.72. The fourth-order valence-electron chi connectivity index (χ4n) is 3.71. The van der Waals surface area contributed by atoms with Gasteiger partial charge < -0.3 is 10.2 Å². The summed E-state index contributed by atoms with van der Waals surface area (Å²) in [4.78, 5) is 14.7. The summed E-state index contributed by atoms with van der Waals surface area (Å²) >= 11 is 0. The smallest absolute Gasteiger partial charge is 0.253 e. The van der Waals surface area contributed by atoms with Crippen molar-refractivity contribution < 1.29 is 4.79 Å². The van der Waals surface area contributed by atoms with Crippen molar-refractivity contribution in [1.82, 2.24) is 30.4 Å². The van der Waals surface area contributed by atoms with Gasteiger partial charge in [-0.05, 0) is 60.5 Å². The van der Waals surface area contributed by atoms with Crippen LogP contribution in [-0.4, -0.2) is 57.2 Å². The van der Waals surface area contributed by atoms with Crippen LogP contribution >= 0.6 is 0 Å². The van der Waals surface area contributed by atoms with Crippen LogP contribution in [0.4, 0.5) is 0 Å². The van der Waals surface area contributed by atoms with Crippen molar-refractivity contribution in [3.05, 3.63) is 36.2 Å². The molecule has 0 saturated carbocycles. The van der Waals surface area contributed by atoms with E-state index in [0.29, 0.717) is 5.41 Å². The van der Waals surface area contributed by atoms with Crippen LogP contribution in [0.1, 0.15) is 29.6 Å². The van der Waals surface area contributed by atoms with E-state index in [1.54, 1.807) is 4.68 Å². The Morgan fingerprint density at radius 2 is 2.09 bits per heavy atom. The highest BCUT2D eigenvalue weighted by molar-refractivity contribution is 5.94. The molecule has 120 valence electrons. The van der Waals surface area contributed by atoms with Gasteiger partial charge in [-0.15, -0.1) is 5.10 Å². The molecular formula is C16H20N6O. The SMILES string of the molecule is O=C(c1ccc(-n2cnnn2)cc1)N1CCC2(CCCNC2)C1. The van der Waals surface area contributed by atoms with Crippen LogP contribution in [0.3, 0.4) is 0 Å². The van der Waals surface area contributed by atoms with Crippen molar-refractivity contribution in [2.75, 3.05) is 26.2 Å². The Hall–Kier alpha value is -2.28. The Bertz CT molecular complexity index is 675. The molecule has 1 spiro atoms. The Kier molecular flexibility index (Phi) is 3.57. The van der Waals surface area contributed by atoms with Crippen LogP contribution in [0.5, 0.6) is 0 Å². The van der Waals surface area contributed by atoms with Gasteiger partial charge in [-0.2, -0.15) is 0 Å². The predicted octanol–water partition coefficient (Wildman–Crippen LogP) is 0.878. The van der Waals surface area contributed by atoms with Crippen LogP contribution in [0.15, 0.2) is 30.6 Å². The van der Waals surface area contributed by atoms with Gasteiger partial charge in [0.2, 0.25) is 0 Å². The highest BCUT2D eigenvalue weighted by atomic mass is 16.2. The number of aromatic nitrogens is 4. The Morgan fingerprint density at radius 3 is 2.78 bits per heavy atom. The van der Waals surface area contributed by atoms with Gasteiger partial charge in [0.1, 0.15) is 6.33 Å². The maximum absolute atomic E-state index is 12.7. The zero-order valence-electron chi connectivity index (χ0n) is 13.0. The Labute approximate surface area is 134 Å². The standard InChI is InChI=1S/C16H20N6O/c23-15(21-9-7-16(11-21)6-1-8-17-10-16)13-2-4-14(5-3-13)22-12-18-19-20-22/h2-5,12,17H,1,6-11H2. The van der Waals surface area contributed by atoms with Gasteiger partial charge in [-0.1, -0.05) is 0 Å². The highest BCUT2D eigenvalue weighted by Crippen LogP contribution is 2.36. The lowest BCUT2D eigenvalue weighted by molar-refractivity contribution is 0.0764. The van der Waals surface area contributed by atoms with Gasteiger partial charge >= 0.3 is 0 Å². The van der Waals surface area contributed by atoms with Crippen LogP contribution in [0, 0.1) is 5.41 Å². The van der Waals surface area contributed by atoms with E-state index < -0.39 is 0 Å². The highest BCUT2D eigenvalue weighted by Gasteiger charge is 2.40. The molecule has 2 fully saturated rings. The molecule has 2 aliphatic rings. The molecule has 0 bridgehead atoms. The van der Waals surface area contributed by atoms with Gasteiger partial charge in [0, 0.05) is 30.6 Å². The largest absolute Gasteiger partial charge is 0.338 e. The second-order valence-electron chi connectivity index (χ2n) is 6.56. The van der Waals surface area contributed by atoms with E-state index in [0.717, 1.165) is 43.9 Å². The average Bonchev–Trinajstić information content (AvgIpc) is 3.26. The van der Waals surface area contributed by atoms with Gasteiger partial charge in [0.05, 0.1) is 5.69 Å². The first-order chi connectivity index (χ1) is 11.3. The van der Waals surface area contributed by atoms with Gasteiger partial charge in [0.15, 0.2) is 0 Å². The molecule has 7 nitrogen and oxygen atoms in total. The monoisotopic (exact) mass is 312 g/mol. The van der Waals surface area contributed by atoms with E-state index in [4.69, 9.17) is 0 Å². The number of hydrogen-bond donors (Lipinski definition) is 1. The van der Waals surface area contributed by atoms with E-state index >= 15 is 0 Å². The molecule has 3 heterocycles. The third-order valence-corrected chi connectivity index (χ3v) is 5.01. The summed E-state index contributed by atoms with van der Waals surface area (Å²) in [7, 11) is 0. The molecule has 1 N–H and O–H groups in total. The second-order valence-corrected chi connectivity index (χ2v) is 6.56. The van der Waals surface area contributed by atoms with Crippen molar-refractivity contribution in [3.8, 4) is 5.69 Å². The van der Waals surface area contributed by atoms with E-state index in [-0.39, 0.29) is 5.91 Å². The van der Waals surface area contributed by atoms with Crippen molar-refractivity contribution >= 4 is 5.91 Å². The molecule has 2 aromatic rings. The van der Waals surface area contributed by atoms with Crippen molar-refractivity contribution in [3.63, 3.8) is 0 Å². The first-order valence-corrected chi connectivity index (χ1v) is 8.09. The van der Waals surface area contributed by atoms with Crippen LogP contribution < -0.4 is 5.32 Å². The summed E-state index contributed by atoms with van der Waals surface area (Å²) < 4.78 is 1.58. The number of benzene rings is 1. The fourth-order valence-corrected chi connectivity index (χ4v) is 3.71. The molecule has 2 aliphatic heterocycles. The summed E-state index contributed by atoms with van der Waals surface area (Å²) in [5.41, 5.74) is 1.86. The van der Waals surface area contributed by atoms with Crippen LogP contribution in [0.2, 0.25) is 0 Å². The quantitative estimate of drug-likeness (QED) is 0.891. The van der Waals surface area contributed by atoms with E-state index in [9.17, 15) is 4.79 Å². The third-order valence-electron chi connectivity index (χ3n) is 5.01. The molecule has 0 radical (unpaired) electrons. The molecule has 7 heteroatoms. The number of carbonyl (C=O) groups excluding carboxylic acids is 1. The molecular weight excluding hydrogens is 292 g/mol. The van der Waals surface area contributed by atoms with Crippen molar-refractivity contribution in [2.24, 2.45) is 5.41 Å². The maximum atomic E-state index is 12.7. The zero-order chi connectivity index (χ0) is 15.7. The summed E-state index contributed by atoms with van der Waals surface area (Å²) in [5, 5.41) is 14.6. The van der Waals surface area contributed by atoms with E-state index in [2.05, 4.69) is 20.8 Å². The lowest BCUT2D eigenvalue weighted by Gasteiger charge is -2.33. The minimum atomic E-state index is 0.121. The minimum Gasteiger partial charge on any atom is -0.338 e. The first-order valence-electron chi connectivity index (χ1n) is 8.09. The normalized spacial score (nSPS) is 24.3. The predicted molar refractivity (Wildman–Crippen MR) is 84.2 cm³/mol. The molecule has 1 aromatic heterocycles.